The number of piperazine rings is 1. The molecule has 1 aromatic heterocycles. The third kappa shape index (κ3) is 3.51. The lowest BCUT2D eigenvalue weighted by Gasteiger charge is -2.33. The summed E-state index contributed by atoms with van der Waals surface area (Å²) in [6, 6.07) is 7.21. The molecule has 0 radical (unpaired) electrons. The van der Waals surface area contributed by atoms with Gasteiger partial charge in [0, 0.05) is 26.2 Å². The van der Waals surface area contributed by atoms with Gasteiger partial charge in [0.05, 0.1) is 23.3 Å². The van der Waals surface area contributed by atoms with Crippen molar-refractivity contribution < 1.29 is 13.2 Å². The Morgan fingerprint density at radius 3 is 2.54 bits per heavy atom. The van der Waals surface area contributed by atoms with Crippen molar-refractivity contribution in [3.63, 3.8) is 0 Å². The fraction of sp³-hybridized carbons (Fsp3) is 0.467. The second kappa shape index (κ2) is 6.40. The molecule has 2 amide bonds. The molecule has 1 aromatic carbocycles. The Hall–Kier alpha value is -2.13. The second-order valence-corrected chi connectivity index (χ2v) is 7.94. The van der Waals surface area contributed by atoms with Crippen LogP contribution in [0.25, 0.3) is 11.0 Å². The highest BCUT2D eigenvalue weighted by Crippen LogP contribution is 2.16. The van der Waals surface area contributed by atoms with E-state index in [-0.39, 0.29) is 12.1 Å². The Morgan fingerprint density at radius 2 is 1.92 bits per heavy atom. The average molecular weight is 351 g/mol. The van der Waals surface area contributed by atoms with Crippen LogP contribution in [0.4, 0.5) is 4.79 Å². The number of imidazole rings is 1. The molecular weight excluding hydrogens is 330 g/mol. The summed E-state index contributed by atoms with van der Waals surface area (Å²) in [4.78, 5) is 21.7. The summed E-state index contributed by atoms with van der Waals surface area (Å²) >= 11 is 0. The summed E-state index contributed by atoms with van der Waals surface area (Å²) in [5.74, 6) is 0.694. The molecule has 130 valence electrons. The molecule has 2 aromatic rings. The number of aromatic amines is 1. The SMILES string of the molecule is C[C@H](NC(=O)N1CCN(S(C)(=O)=O)CC1)c1nc2ccccc2[nH]1. The fourth-order valence-corrected chi connectivity index (χ4v) is 3.57. The Bertz CT molecular complexity index is 807. The molecular formula is C15H21N5O3S. The smallest absolute Gasteiger partial charge is 0.318 e. The molecule has 1 atom stereocenters. The van der Waals surface area contributed by atoms with Crippen molar-refractivity contribution in [3.05, 3.63) is 30.1 Å². The van der Waals surface area contributed by atoms with Crippen molar-refractivity contribution in [2.75, 3.05) is 32.4 Å². The third-order valence-electron chi connectivity index (χ3n) is 4.15. The number of benzene rings is 1. The maximum Gasteiger partial charge on any atom is 0.318 e. The van der Waals surface area contributed by atoms with Crippen molar-refractivity contribution >= 4 is 27.1 Å². The number of para-hydroxylation sites is 2. The van der Waals surface area contributed by atoms with Crippen LogP contribution in [0.5, 0.6) is 0 Å². The highest BCUT2D eigenvalue weighted by Gasteiger charge is 2.27. The molecule has 1 aliphatic heterocycles. The number of aromatic nitrogens is 2. The fourth-order valence-electron chi connectivity index (χ4n) is 2.75. The molecule has 0 spiro atoms. The first-order valence-corrected chi connectivity index (χ1v) is 9.64. The zero-order valence-corrected chi connectivity index (χ0v) is 14.5. The van der Waals surface area contributed by atoms with Gasteiger partial charge in [-0.15, -0.1) is 0 Å². The van der Waals surface area contributed by atoms with Crippen molar-refractivity contribution in [1.29, 1.82) is 0 Å². The molecule has 2 heterocycles. The van der Waals surface area contributed by atoms with Crippen LogP contribution in [-0.2, 0) is 10.0 Å². The van der Waals surface area contributed by atoms with Crippen LogP contribution in [0.15, 0.2) is 24.3 Å². The van der Waals surface area contributed by atoms with Crippen LogP contribution < -0.4 is 5.32 Å². The highest BCUT2D eigenvalue weighted by atomic mass is 32.2. The summed E-state index contributed by atoms with van der Waals surface area (Å²) in [7, 11) is -3.20. The van der Waals surface area contributed by atoms with E-state index >= 15 is 0 Å². The number of carbonyl (C=O) groups excluding carboxylic acids is 1. The number of nitrogens with zero attached hydrogens (tertiary/aromatic N) is 3. The van der Waals surface area contributed by atoms with Crippen LogP contribution in [0, 0.1) is 0 Å². The Labute approximate surface area is 140 Å². The highest BCUT2D eigenvalue weighted by molar-refractivity contribution is 7.88. The van der Waals surface area contributed by atoms with E-state index in [1.807, 2.05) is 31.2 Å². The van der Waals surface area contributed by atoms with E-state index < -0.39 is 10.0 Å². The average Bonchev–Trinajstić information content (AvgIpc) is 2.98. The topological polar surface area (TPSA) is 98.4 Å². The zero-order valence-electron chi connectivity index (χ0n) is 13.7. The first kappa shape index (κ1) is 16.7. The minimum atomic E-state index is -3.20. The van der Waals surface area contributed by atoms with Crippen LogP contribution in [0.3, 0.4) is 0 Å². The van der Waals surface area contributed by atoms with Gasteiger partial charge in [-0.2, -0.15) is 4.31 Å². The molecule has 0 aliphatic carbocycles. The molecule has 0 saturated carbocycles. The predicted molar refractivity (Wildman–Crippen MR) is 91.0 cm³/mol. The first-order chi connectivity index (χ1) is 11.3. The number of carbonyl (C=O) groups is 1. The van der Waals surface area contributed by atoms with E-state index in [2.05, 4.69) is 15.3 Å². The lowest BCUT2D eigenvalue weighted by Crippen LogP contribution is -2.53. The van der Waals surface area contributed by atoms with Crippen molar-refractivity contribution in [2.24, 2.45) is 0 Å². The quantitative estimate of drug-likeness (QED) is 0.859. The second-order valence-electron chi connectivity index (χ2n) is 5.96. The number of H-pyrrole nitrogens is 1. The Morgan fingerprint density at radius 1 is 1.25 bits per heavy atom. The first-order valence-electron chi connectivity index (χ1n) is 7.80. The van der Waals surface area contributed by atoms with Gasteiger partial charge in [-0.1, -0.05) is 12.1 Å². The lowest BCUT2D eigenvalue weighted by molar-refractivity contribution is 0.169. The van der Waals surface area contributed by atoms with Crippen molar-refractivity contribution in [2.45, 2.75) is 13.0 Å². The molecule has 1 aliphatic rings. The standard InChI is InChI=1S/C15H21N5O3S/c1-11(14-17-12-5-3-4-6-13(12)18-14)16-15(21)19-7-9-20(10-8-19)24(2,22)23/h3-6,11H,7-10H2,1-2H3,(H,16,21)(H,17,18)/t11-/m0/s1. The van der Waals surface area contributed by atoms with Gasteiger partial charge in [-0.05, 0) is 19.1 Å². The van der Waals surface area contributed by atoms with E-state index in [1.165, 1.54) is 10.6 Å². The normalized spacial score (nSPS) is 17.8. The van der Waals surface area contributed by atoms with Crippen molar-refractivity contribution in [1.82, 2.24) is 24.5 Å². The summed E-state index contributed by atoms with van der Waals surface area (Å²) < 4.78 is 24.4. The molecule has 3 rings (SSSR count). The number of sulfonamides is 1. The maximum atomic E-state index is 12.4. The molecule has 2 N–H and O–H groups in total. The van der Waals surface area contributed by atoms with Gasteiger partial charge in [0.15, 0.2) is 0 Å². The Kier molecular flexibility index (Phi) is 4.46. The van der Waals surface area contributed by atoms with Crippen LogP contribution >= 0.6 is 0 Å². The lowest BCUT2D eigenvalue weighted by atomic mass is 10.3. The predicted octanol–water partition coefficient (Wildman–Crippen LogP) is 0.911. The molecule has 1 saturated heterocycles. The van der Waals surface area contributed by atoms with E-state index in [4.69, 9.17) is 0 Å². The molecule has 1 fully saturated rings. The zero-order chi connectivity index (χ0) is 17.3. The number of fused-ring (bicyclic) bond motifs is 1. The molecule has 8 nitrogen and oxygen atoms in total. The molecule has 9 heteroatoms. The number of amides is 2. The molecule has 0 unspecified atom stereocenters. The van der Waals surface area contributed by atoms with Gasteiger partial charge < -0.3 is 15.2 Å². The number of hydrogen-bond acceptors (Lipinski definition) is 4. The van der Waals surface area contributed by atoms with E-state index in [0.717, 1.165) is 11.0 Å². The molecule has 24 heavy (non-hydrogen) atoms. The number of urea groups is 1. The number of hydrogen-bond donors (Lipinski definition) is 2. The van der Waals surface area contributed by atoms with Crippen molar-refractivity contribution in [3.8, 4) is 0 Å². The maximum absolute atomic E-state index is 12.4. The van der Waals surface area contributed by atoms with Crippen LogP contribution in [0.2, 0.25) is 0 Å². The van der Waals surface area contributed by atoms with E-state index in [1.54, 1.807) is 4.90 Å². The largest absolute Gasteiger partial charge is 0.340 e. The van der Waals surface area contributed by atoms with E-state index in [9.17, 15) is 13.2 Å². The summed E-state index contributed by atoms with van der Waals surface area (Å²) in [5.41, 5.74) is 1.78. The molecule has 0 bridgehead atoms. The third-order valence-corrected chi connectivity index (χ3v) is 5.46. The van der Waals surface area contributed by atoms with Gasteiger partial charge in [0.1, 0.15) is 5.82 Å². The van der Waals surface area contributed by atoms with Gasteiger partial charge >= 0.3 is 6.03 Å². The summed E-state index contributed by atoms with van der Waals surface area (Å²) in [5, 5.41) is 2.91. The minimum absolute atomic E-state index is 0.212. The monoisotopic (exact) mass is 351 g/mol. The minimum Gasteiger partial charge on any atom is -0.340 e. The van der Waals surface area contributed by atoms with Crippen LogP contribution in [-0.4, -0.2) is 66.1 Å². The van der Waals surface area contributed by atoms with Gasteiger partial charge in [-0.3, -0.25) is 0 Å². The number of rotatable bonds is 3. The number of nitrogens with one attached hydrogen (secondary N) is 2. The van der Waals surface area contributed by atoms with Gasteiger partial charge in [-0.25, -0.2) is 18.2 Å². The van der Waals surface area contributed by atoms with Gasteiger partial charge in [0.2, 0.25) is 10.0 Å². The summed E-state index contributed by atoms with van der Waals surface area (Å²) in [6.45, 7) is 3.27. The van der Waals surface area contributed by atoms with E-state index in [0.29, 0.717) is 32.0 Å². The Balaban J connectivity index is 1.60. The van der Waals surface area contributed by atoms with Gasteiger partial charge in [0.25, 0.3) is 0 Å². The van der Waals surface area contributed by atoms with Crippen LogP contribution in [0.1, 0.15) is 18.8 Å². The summed E-state index contributed by atoms with van der Waals surface area (Å²) in [6.07, 6.45) is 1.19.